The largest absolute Gasteiger partial charge is 0.480 e. The number of fused-ring (bicyclic) bond motifs is 1. The molecule has 6 heteroatoms. The number of carboxylic acid groups (broad SMARTS) is 1. The number of nitrogens with one attached hydrogen (secondary N) is 1. The number of rotatable bonds is 11. The number of aliphatic carboxylic acids is 1. The molecule has 0 amide bonds. The zero-order chi connectivity index (χ0) is 22.2. The fourth-order valence-corrected chi connectivity index (χ4v) is 4.81. The Hall–Kier alpha value is -3.09. The van der Waals surface area contributed by atoms with Crippen LogP contribution >= 0.6 is 11.8 Å². The van der Waals surface area contributed by atoms with Gasteiger partial charge >= 0.3 is 5.97 Å². The fraction of sp³-hybridized carbons (Fsp3) is 0.231. The average Bonchev–Trinajstić information content (AvgIpc) is 3.16. The number of nitrogens with zero attached hydrogens (tertiary/aromatic N) is 2. The molecular weight excluding hydrogens is 418 g/mol. The zero-order valence-electron chi connectivity index (χ0n) is 17.9. The van der Waals surface area contributed by atoms with Gasteiger partial charge in [-0.15, -0.1) is 0 Å². The lowest BCUT2D eigenvalue weighted by atomic mass is 9.91. The summed E-state index contributed by atoms with van der Waals surface area (Å²) in [7, 11) is 0. The lowest BCUT2D eigenvalue weighted by Gasteiger charge is -2.19. The Labute approximate surface area is 192 Å². The number of para-hydroxylation sites is 2. The third kappa shape index (κ3) is 5.58. The van der Waals surface area contributed by atoms with Crippen molar-refractivity contribution in [3.63, 3.8) is 0 Å². The quantitative estimate of drug-likeness (QED) is 0.250. The number of benzene rings is 3. The molecule has 164 valence electrons. The van der Waals surface area contributed by atoms with Crippen LogP contribution in [0.3, 0.4) is 0 Å². The van der Waals surface area contributed by atoms with Crippen molar-refractivity contribution in [1.29, 1.82) is 0 Å². The van der Waals surface area contributed by atoms with Crippen molar-refractivity contribution < 1.29 is 9.90 Å². The Morgan fingerprint density at radius 2 is 1.56 bits per heavy atom. The molecule has 32 heavy (non-hydrogen) atoms. The molecule has 3 aromatic carbocycles. The van der Waals surface area contributed by atoms with Crippen molar-refractivity contribution in [2.45, 2.75) is 24.0 Å². The van der Waals surface area contributed by atoms with Crippen LogP contribution in [-0.4, -0.2) is 39.5 Å². The molecule has 2 N–H and O–H groups in total. The molecule has 0 unspecified atom stereocenters. The summed E-state index contributed by atoms with van der Waals surface area (Å²) < 4.78 is 1.79. The van der Waals surface area contributed by atoms with E-state index in [9.17, 15) is 9.90 Å². The first-order valence-corrected chi connectivity index (χ1v) is 11.8. The first-order valence-electron chi connectivity index (χ1n) is 10.8. The molecular formula is C26H27N3O2S. The molecule has 4 aromatic rings. The van der Waals surface area contributed by atoms with E-state index in [1.165, 1.54) is 11.1 Å². The van der Waals surface area contributed by atoms with Gasteiger partial charge in [-0.05, 0) is 36.2 Å². The highest BCUT2D eigenvalue weighted by Crippen LogP contribution is 2.25. The molecule has 0 spiro atoms. The van der Waals surface area contributed by atoms with Crippen molar-refractivity contribution in [2.75, 3.05) is 18.8 Å². The molecule has 0 aliphatic rings. The molecule has 1 heterocycles. The average molecular weight is 446 g/mol. The maximum absolute atomic E-state index is 11.3. The van der Waals surface area contributed by atoms with Gasteiger partial charge in [-0.25, -0.2) is 4.98 Å². The topological polar surface area (TPSA) is 67.2 Å². The van der Waals surface area contributed by atoms with Gasteiger partial charge in [-0.2, -0.15) is 0 Å². The van der Waals surface area contributed by atoms with Crippen LogP contribution in [0.1, 0.15) is 23.5 Å². The maximum atomic E-state index is 11.3. The minimum atomic E-state index is -0.857. The highest BCUT2D eigenvalue weighted by Gasteiger charge is 2.14. The van der Waals surface area contributed by atoms with E-state index in [2.05, 4.69) is 58.8 Å². The summed E-state index contributed by atoms with van der Waals surface area (Å²) in [5.41, 5.74) is 4.32. The second kappa shape index (κ2) is 11.0. The lowest BCUT2D eigenvalue weighted by Crippen LogP contribution is -2.23. The first kappa shape index (κ1) is 22.1. The van der Waals surface area contributed by atoms with Crippen LogP contribution < -0.4 is 5.32 Å². The molecule has 0 aliphatic heterocycles. The predicted molar refractivity (Wildman–Crippen MR) is 130 cm³/mol. The van der Waals surface area contributed by atoms with Crippen molar-refractivity contribution in [3.8, 4) is 0 Å². The zero-order valence-corrected chi connectivity index (χ0v) is 18.7. The standard InChI is InChI=1S/C26H27N3O2S/c30-25(31)19-29-24-15-8-7-14-23(24)28-26(29)32-17-9-16-27-18-22(20-10-3-1-4-11-20)21-12-5-2-6-13-21/h1-8,10-15,22,27H,9,16-19H2,(H,30,31). The summed E-state index contributed by atoms with van der Waals surface area (Å²) in [6.45, 7) is 1.69. The Balaban J connectivity index is 1.32. The van der Waals surface area contributed by atoms with Crippen molar-refractivity contribution >= 4 is 28.8 Å². The van der Waals surface area contributed by atoms with E-state index in [1.807, 2.05) is 36.4 Å². The highest BCUT2D eigenvalue weighted by atomic mass is 32.2. The molecule has 5 nitrogen and oxygen atoms in total. The van der Waals surface area contributed by atoms with Crippen LogP contribution in [0.15, 0.2) is 90.1 Å². The van der Waals surface area contributed by atoms with E-state index in [1.54, 1.807) is 16.3 Å². The Morgan fingerprint density at radius 3 is 2.22 bits per heavy atom. The number of aromatic nitrogens is 2. The third-order valence-corrected chi connectivity index (χ3v) is 6.46. The van der Waals surface area contributed by atoms with Gasteiger partial charge in [-0.1, -0.05) is 84.6 Å². The molecule has 1 aromatic heterocycles. The van der Waals surface area contributed by atoms with Gasteiger partial charge in [0, 0.05) is 18.2 Å². The molecule has 0 saturated carbocycles. The second-order valence-electron chi connectivity index (χ2n) is 7.64. The predicted octanol–water partition coefficient (Wildman–Crippen LogP) is 5.02. The van der Waals surface area contributed by atoms with Gasteiger partial charge in [0.15, 0.2) is 5.16 Å². The SMILES string of the molecule is O=C(O)Cn1c(SCCCNCC(c2ccccc2)c2ccccc2)nc2ccccc21. The second-order valence-corrected chi connectivity index (χ2v) is 8.71. The Morgan fingerprint density at radius 1 is 0.938 bits per heavy atom. The van der Waals surface area contributed by atoms with E-state index >= 15 is 0 Å². The molecule has 0 saturated heterocycles. The lowest BCUT2D eigenvalue weighted by molar-refractivity contribution is -0.137. The minimum Gasteiger partial charge on any atom is -0.480 e. The van der Waals surface area contributed by atoms with Gasteiger partial charge < -0.3 is 15.0 Å². The number of hydrogen-bond acceptors (Lipinski definition) is 4. The molecule has 0 bridgehead atoms. The van der Waals surface area contributed by atoms with Crippen molar-refractivity contribution in [1.82, 2.24) is 14.9 Å². The van der Waals surface area contributed by atoms with E-state index < -0.39 is 5.97 Å². The van der Waals surface area contributed by atoms with E-state index in [4.69, 9.17) is 0 Å². The monoisotopic (exact) mass is 445 g/mol. The first-order chi connectivity index (χ1) is 15.7. The van der Waals surface area contributed by atoms with Crippen LogP contribution in [0.4, 0.5) is 0 Å². The number of imidazole rings is 1. The Kier molecular flexibility index (Phi) is 7.59. The van der Waals surface area contributed by atoms with E-state index in [0.29, 0.717) is 5.92 Å². The van der Waals surface area contributed by atoms with Crippen LogP contribution in [0.25, 0.3) is 11.0 Å². The van der Waals surface area contributed by atoms with E-state index in [-0.39, 0.29) is 6.54 Å². The van der Waals surface area contributed by atoms with Crippen LogP contribution in [0.2, 0.25) is 0 Å². The third-order valence-electron chi connectivity index (χ3n) is 5.39. The van der Waals surface area contributed by atoms with Gasteiger partial charge in [0.1, 0.15) is 6.54 Å². The smallest absolute Gasteiger partial charge is 0.323 e. The fourth-order valence-electron chi connectivity index (χ4n) is 3.86. The van der Waals surface area contributed by atoms with Crippen molar-refractivity contribution in [2.24, 2.45) is 0 Å². The van der Waals surface area contributed by atoms with Gasteiger partial charge in [0.2, 0.25) is 0 Å². The van der Waals surface area contributed by atoms with Gasteiger partial charge in [0.25, 0.3) is 0 Å². The minimum absolute atomic E-state index is 0.0725. The number of carboxylic acids is 1. The Bertz CT molecular complexity index is 1110. The normalized spacial score (nSPS) is 11.3. The van der Waals surface area contributed by atoms with Crippen LogP contribution in [0, 0.1) is 0 Å². The van der Waals surface area contributed by atoms with Crippen LogP contribution in [-0.2, 0) is 11.3 Å². The van der Waals surface area contributed by atoms with Gasteiger partial charge in [0.05, 0.1) is 11.0 Å². The molecule has 0 atom stereocenters. The molecule has 0 aliphatic carbocycles. The summed E-state index contributed by atoms with van der Waals surface area (Å²) in [4.78, 5) is 15.9. The summed E-state index contributed by atoms with van der Waals surface area (Å²) >= 11 is 1.61. The van der Waals surface area contributed by atoms with E-state index in [0.717, 1.165) is 41.5 Å². The molecule has 0 radical (unpaired) electrons. The van der Waals surface area contributed by atoms with Crippen molar-refractivity contribution in [3.05, 3.63) is 96.1 Å². The number of hydrogen-bond donors (Lipinski definition) is 2. The summed E-state index contributed by atoms with van der Waals surface area (Å²) in [6.07, 6.45) is 0.969. The maximum Gasteiger partial charge on any atom is 0.323 e. The molecule has 0 fully saturated rings. The van der Waals surface area contributed by atoms with Crippen LogP contribution in [0.5, 0.6) is 0 Å². The summed E-state index contributed by atoms with van der Waals surface area (Å²) in [6, 6.07) is 28.9. The molecule has 4 rings (SSSR count). The summed E-state index contributed by atoms with van der Waals surface area (Å²) in [5.74, 6) is 0.325. The highest BCUT2D eigenvalue weighted by molar-refractivity contribution is 7.99. The number of thioether (sulfide) groups is 1. The summed E-state index contributed by atoms with van der Waals surface area (Å²) in [5, 5.41) is 13.7. The van der Waals surface area contributed by atoms with Gasteiger partial charge in [-0.3, -0.25) is 4.79 Å². The number of carbonyl (C=O) groups is 1.